The summed E-state index contributed by atoms with van der Waals surface area (Å²) in [4.78, 5) is 15.0. The number of hydrogen-bond acceptors (Lipinski definition) is 6. The first-order valence-corrected chi connectivity index (χ1v) is 11.7. The summed E-state index contributed by atoms with van der Waals surface area (Å²) >= 11 is 0. The van der Waals surface area contributed by atoms with Gasteiger partial charge in [0.05, 0.1) is 18.1 Å². The number of ketones is 1. The standard InChI is InChI=1S/C24H24N2O5S/c1-25-32(28,29)22-9-5-18(6-10-22)24-12-8-21(31-24)7-11-23(27)19-3-2-4-20(17-19)26-13-15-30-16-14-26/h2-12,17,25H,13-16H2,1H3/b11-7+. The third-order valence-corrected chi connectivity index (χ3v) is 6.68. The number of nitrogens with zero attached hydrogens (tertiary/aromatic N) is 1. The van der Waals surface area contributed by atoms with Crippen LogP contribution in [0, 0.1) is 0 Å². The first-order valence-electron chi connectivity index (χ1n) is 10.3. The fourth-order valence-corrected chi connectivity index (χ4v) is 4.18. The Morgan fingerprint density at radius 3 is 2.50 bits per heavy atom. The topological polar surface area (TPSA) is 88.9 Å². The van der Waals surface area contributed by atoms with Crippen LogP contribution < -0.4 is 9.62 Å². The molecule has 4 rings (SSSR count). The third kappa shape index (κ3) is 4.99. The number of anilines is 1. The number of benzene rings is 2. The summed E-state index contributed by atoms with van der Waals surface area (Å²) in [6, 6.07) is 17.5. The van der Waals surface area contributed by atoms with Gasteiger partial charge in [-0.15, -0.1) is 0 Å². The van der Waals surface area contributed by atoms with Crippen molar-refractivity contribution >= 4 is 27.6 Å². The maximum atomic E-state index is 12.7. The van der Waals surface area contributed by atoms with Gasteiger partial charge in [-0.25, -0.2) is 13.1 Å². The Hall–Kier alpha value is -3.20. The van der Waals surface area contributed by atoms with E-state index in [0.29, 0.717) is 30.3 Å². The minimum atomic E-state index is -3.49. The highest BCUT2D eigenvalue weighted by Crippen LogP contribution is 2.25. The molecule has 32 heavy (non-hydrogen) atoms. The Labute approximate surface area is 187 Å². The Kier molecular flexibility index (Phi) is 6.55. The number of morpholine rings is 1. The molecule has 1 aliphatic heterocycles. The molecule has 2 heterocycles. The quantitative estimate of drug-likeness (QED) is 0.435. The first kappa shape index (κ1) is 22.0. The molecule has 0 amide bonds. The van der Waals surface area contributed by atoms with Crippen LogP contribution in [-0.2, 0) is 14.8 Å². The van der Waals surface area contributed by atoms with Gasteiger partial charge in [-0.05, 0) is 67.7 Å². The lowest BCUT2D eigenvalue weighted by atomic mass is 10.1. The summed E-state index contributed by atoms with van der Waals surface area (Å²) in [5.41, 5.74) is 2.36. The summed E-state index contributed by atoms with van der Waals surface area (Å²) in [6.45, 7) is 2.99. The number of allylic oxidation sites excluding steroid dienone is 1. The second-order valence-corrected chi connectivity index (χ2v) is 9.17. The van der Waals surface area contributed by atoms with E-state index >= 15 is 0 Å². The van der Waals surface area contributed by atoms with Gasteiger partial charge in [0.25, 0.3) is 0 Å². The van der Waals surface area contributed by atoms with Crippen molar-refractivity contribution in [1.82, 2.24) is 4.72 Å². The number of ether oxygens (including phenoxy) is 1. The smallest absolute Gasteiger partial charge is 0.240 e. The number of carbonyl (C=O) groups is 1. The van der Waals surface area contributed by atoms with E-state index in [1.54, 1.807) is 36.4 Å². The fraction of sp³-hybridized carbons (Fsp3) is 0.208. The zero-order valence-corrected chi connectivity index (χ0v) is 18.5. The van der Waals surface area contributed by atoms with Gasteiger partial charge in [0.2, 0.25) is 10.0 Å². The highest BCUT2D eigenvalue weighted by Gasteiger charge is 2.14. The summed E-state index contributed by atoms with van der Waals surface area (Å²) in [6.07, 6.45) is 3.12. The van der Waals surface area contributed by atoms with Crippen molar-refractivity contribution < 1.29 is 22.4 Å². The molecule has 2 aromatic carbocycles. The molecule has 0 radical (unpaired) electrons. The SMILES string of the molecule is CNS(=O)(=O)c1ccc(-c2ccc(/C=C/C(=O)c3cccc(N4CCOCC4)c3)o2)cc1. The molecule has 0 aliphatic carbocycles. The van der Waals surface area contributed by atoms with Crippen LogP contribution in [0.25, 0.3) is 17.4 Å². The van der Waals surface area contributed by atoms with Crippen molar-refractivity contribution in [3.05, 3.63) is 78.1 Å². The van der Waals surface area contributed by atoms with E-state index in [4.69, 9.17) is 9.15 Å². The zero-order valence-electron chi connectivity index (χ0n) is 17.7. The normalized spacial score (nSPS) is 14.7. The van der Waals surface area contributed by atoms with Crippen LogP contribution in [0.2, 0.25) is 0 Å². The van der Waals surface area contributed by atoms with Crippen molar-refractivity contribution in [3.63, 3.8) is 0 Å². The molecule has 1 aliphatic rings. The highest BCUT2D eigenvalue weighted by molar-refractivity contribution is 7.89. The largest absolute Gasteiger partial charge is 0.457 e. The number of sulfonamides is 1. The van der Waals surface area contributed by atoms with E-state index in [1.165, 1.54) is 25.3 Å². The van der Waals surface area contributed by atoms with E-state index < -0.39 is 10.0 Å². The van der Waals surface area contributed by atoms with Crippen LogP contribution >= 0.6 is 0 Å². The van der Waals surface area contributed by atoms with Gasteiger partial charge in [-0.1, -0.05) is 12.1 Å². The number of hydrogen-bond donors (Lipinski definition) is 1. The molecule has 0 atom stereocenters. The van der Waals surface area contributed by atoms with E-state index in [1.807, 2.05) is 18.2 Å². The van der Waals surface area contributed by atoms with Gasteiger partial charge < -0.3 is 14.1 Å². The highest BCUT2D eigenvalue weighted by atomic mass is 32.2. The van der Waals surface area contributed by atoms with Crippen LogP contribution in [0.3, 0.4) is 0 Å². The summed E-state index contributed by atoms with van der Waals surface area (Å²) in [7, 11) is -2.12. The van der Waals surface area contributed by atoms with Gasteiger partial charge in [0.1, 0.15) is 11.5 Å². The molecule has 1 fully saturated rings. The second kappa shape index (κ2) is 9.52. The zero-order chi connectivity index (χ0) is 22.6. The van der Waals surface area contributed by atoms with Crippen molar-refractivity contribution in [2.45, 2.75) is 4.90 Å². The van der Waals surface area contributed by atoms with Gasteiger partial charge >= 0.3 is 0 Å². The molecular formula is C24H24N2O5S. The third-order valence-electron chi connectivity index (χ3n) is 5.25. The molecule has 1 saturated heterocycles. The average Bonchev–Trinajstić information content (AvgIpc) is 3.32. The summed E-state index contributed by atoms with van der Waals surface area (Å²) in [5, 5.41) is 0. The van der Waals surface area contributed by atoms with Gasteiger partial charge in [0, 0.05) is 29.9 Å². The molecule has 7 nitrogen and oxygen atoms in total. The lowest BCUT2D eigenvalue weighted by Crippen LogP contribution is -2.36. The summed E-state index contributed by atoms with van der Waals surface area (Å²) in [5.74, 6) is 1.00. The average molecular weight is 453 g/mol. The fourth-order valence-electron chi connectivity index (χ4n) is 3.45. The van der Waals surface area contributed by atoms with Crippen LogP contribution in [0.4, 0.5) is 5.69 Å². The van der Waals surface area contributed by atoms with Gasteiger partial charge in [-0.3, -0.25) is 4.79 Å². The lowest BCUT2D eigenvalue weighted by Gasteiger charge is -2.29. The number of rotatable bonds is 7. The van der Waals surface area contributed by atoms with Crippen molar-refractivity contribution in [2.24, 2.45) is 0 Å². The maximum absolute atomic E-state index is 12.7. The van der Waals surface area contributed by atoms with Crippen LogP contribution in [-0.4, -0.2) is 47.6 Å². The molecular weight excluding hydrogens is 428 g/mol. The van der Waals surface area contributed by atoms with Crippen LogP contribution in [0.5, 0.6) is 0 Å². The van der Waals surface area contributed by atoms with Crippen molar-refractivity contribution in [3.8, 4) is 11.3 Å². The monoisotopic (exact) mass is 452 g/mol. The number of furan rings is 1. The Bertz CT molecular complexity index is 1220. The first-order chi connectivity index (χ1) is 15.5. The Morgan fingerprint density at radius 2 is 1.78 bits per heavy atom. The molecule has 0 saturated carbocycles. The van der Waals surface area contributed by atoms with Gasteiger partial charge in [-0.2, -0.15) is 0 Å². The van der Waals surface area contributed by atoms with E-state index in [0.717, 1.165) is 24.3 Å². The number of carbonyl (C=O) groups excluding carboxylic acids is 1. The van der Waals surface area contributed by atoms with E-state index in [-0.39, 0.29) is 10.7 Å². The number of nitrogens with one attached hydrogen (secondary N) is 1. The van der Waals surface area contributed by atoms with Crippen molar-refractivity contribution in [2.75, 3.05) is 38.3 Å². The second-order valence-electron chi connectivity index (χ2n) is 7.28. The summed E-state index contributed by atoms with van der Waals surface area (Å²) < 4.78 is 37.2. The predicted molar refractivity (Wildman–Crippen MR) is 123 cm³/mol. The molecule has 1 N–H and O–H groups in total. The minimum absolute atomic E-state index is 0.111. The molecule has 1 aromatic heterocycles. The van der Waals surface area contributed by atoms with Crippen molar-refractivity contribution in [1.29, 1.82) is 0 Å². The van der Waals surface area contributed by atoms with Gasteiger partial charge in [0.15, 0.2) is 5.78 Å². The van der Waals surface area contributed by atoms with Crippen LogP contribution in [0.1, 0.15) is 16.1 Å². The Balaban J connectivity index is 1.45. The molecule has 3 aromatic rings. The lowest BCUT2D eigenvalue weighted by molar-refractivity contribution is 0.104. The maximum Gasteiger partial charge on any atom is 0.240 e. The molecule has 8 heteroatoms. The van der Waals surface area contributed by atoms with Crippen LogP contribution in [0.15, 0.2) is 76.1 Å². The molecule has 0 spiro atoms. The predicted octanol–water partition coefficient (Wildman–Crippen LogP) is 3.59. The Morgan fingerprint density at radius 1 is 1.03 bits per heavy atom. The van der Waals surface area contributed by atoms with E-state index in [9.17, 15) is 13.2 Å². The van der Waals surface area contributed by atoms with E-state index in [2.05, 4.69) is 9.62 Å². The molecule has 0 bridgehead atoms. The molecule has 0 unspecified atom stereocenters. The molecule has 166 valence electrons. The minimum Gasteiger partial charge on any atom is -0.457 e.